The lowest BCUT2D eigenvalue weighted by atomic mass is 9.68. The lowest BCUT2D eigenvalue weighted by molar-refractivity contribution is -0.153. The van der Waals surface area contributed by atoms with Crippen molar-refractivity contribution in [1.82, 2.24) is 0 Å². The normalized spacial score (nSPS) is 29.2. The summed E-state index contributed by atoms with van der Waals surface area (Å²) in [5.74, 6) is -1.92. The van der Waals surface area contributed by atoms with E-state index in [9.17, 15) is 9.59 Å². The summed E-state index contributed by atoms with van der Waals surface area (Å²) in [5, 5.41) is 0. The highest BCUT2D eigenvalue weighted by Gasteiger charge is 2.53. The van der Waals surface area contributed by atoms with E-state index in [0.717, 1.165) is 11.1 Å². The maximum absolute atomic E-state index is 12.3. The van der Waals surface area contributed by atoms with E-state index in [1.165, 1.54) is 0 Å². The molecule has 23 heavy (non-hydrogen) atoms. The molecule has 1 aliphatic heterocycles. The molecule has 0 amide bonds. The van der Waals surface area contributed by atoms with Crippen molar-refractivity contribution in [3.8, 4) is 0 Å². The van der Waals surface area contributed by atoms with Crippen LogP contribution >= 0.6 is 0 Å². The minimum atomic E-state index is -0.444. The molecule has 4 rings (SSSR count). The molecular weight excluding hydrogens is 288 g/mol. The third kappa shape index (κ3) is 2.29. The molecule has 2 aromatic carbocycles. The van der Waals surface area contributed by atoms with Gasteiger partial charge in [-0.3, -0.25) is 9.59 Å². The predicted molar refractivity (Wildman–Crippen MR) is 85.6 cm³/mol. The molecule has 1 fully saturated rings. The van der Waals surface area contributed by atoms with Crippen LogP contribution in [0, 0.1) is 11.8 Å². The highest BCUT2D eigenvalue weighted by molar-refractivity contribution is 5.98. The van der Waals surface area contributed by atoms with Gasteiger partial charge in [0.15, 0.2) is 0 Å². The number of fused-ring (bicyclic) bond motifs is 1. The van der Waals surface area contributed by atoms with Crippen LogP contribution < -0.4 is 0 Å². The average molecular weight is 304 g/mol. The fourth-order valence-electron chi connectivity index (χ4n) is 3.73. The van der Waals surface area contributed by atoms with E-state index in [2.05, 4.69) is 0 Å². The maximum atomic E-state index is 12.3. The van der Waals surface area contributed by atoms with Crippen molar-refractivity contribution in [3.05, 3.63) is 83.9 Å². The van der Waals surface area contributed by atoms with Crippen LogP contribution in [0.1, 0.15) is 23.0 Å². The van der Waals surface area contributed by atoms with Gasteiger partial charge in [-0.25, -0.2) is 0 Å². The van der Waals surface area contributed by atoms with Crippen molar-refractivity contribution in [2.24, 2.45) is 11.8 Å². The third-order valence-corrected chi connectivity index (χ3v) is 4.80. The van der Waals surface area contributed by atoms with Gasteiger partial charge in [0.25, 0.3) is 0 Å². The summed E-state index contributed by atoms with van der Waals surface area (Å²) in [7, 11) is 0. The predicted octanol–water partition coefficient (Wildman–Crippen LogP) is 3.44. The molecule has 3 heteroatoms. The van der Waals surface area contributed by atoms with Crippen LogP contribution in [-0.2, 0) is 14.3 Å². The molecule has 1 saturated heterocycles. The number of esters is 2. The summed E-state index contributed by atoms with van der Waals surface area (Å²) < 4.78 is 4.99. The zero-order valence-corrected chi connectivity index (χ0v) is 12.5. The van der Waals surface area contributed by atoms with E-state index in [1.54, 1.807) is 0 Å². The lowest BCUT2D eigenvalue weighted by Crippen LogP contribution is -2.31. The van der Waals surface area contributed by atoms with E-state index in [1.807, 2.05) is 72.8 Å². The molecule has 114 valence electrons. The van der Waals surface area contributed by atoms with Gasteiger partial charge in [0.2, 0.25) is 0 Å². The summed E-state index contributed by atoms with van der Waals surface area (Å²) in [6.07, 6.45) is 4.10. The van der Waals surface area contributed by atoms with Crippen molar-refractivity contribution in [2.75, 3.05) is 0 Å². The molecule has 0 bridgehead atoms. The second-order valence-corrected chi connectivity index (χ2v) is 6.05. The Balaban J connectivity index is 1.79. The van der Waals surface area contributed by atoms with Gasteiger partial charge >= 0.3 is 11.9 Å². The van der Waals surface area contributed by atoms with Crippen LogP contribution in [0.2, 0.25) is 0 Å². The molecule has 1 aliphatic carbocycles. The molecular formula is C20H16O3. The van der Waals surface area contributed by atoms with Crippen LogP contribution in [0.5, 0.6) is 0 Å². The van der Waals surface area contributed by atoms with Crippen molar-refractivity contribution in [2.45, 2.75) is 11.8 Å². The zero-order chi connectivity index (χ0) is 15.8. The maximum Gasteiger partial charge on any atom is 0.318 e. The zero-order valence-electron chi connectivity index (χ0n) is 12.5. The lowest BCUT2D eigenvalue weighted by Gasteiger charge is -2.31. The third-order valence-electron chi connectivity index (χ3n) is 4.80. The number of hydrogen-bond donors (Lipinski definition) is 0. The van der Waals surface area contributed by atoms with Gasteiger partial charge in [-0.1, -0.05) is 72.8 Å². The van der Waals surface area contributed by atoms with Crippen LogP contribution in [0.3, 0.4) is 0 Å². The Morgan fingerprint density at radius 1 is 0.609 bits per heavy atom. The molecule has 0 unspecified atom stereocenters. The minimum Gasteiger partial charge on any atom is -0.393 e. The second kappa shape index (κ2) is 5.51. The SMILES string of the molecule is O=C1OC(=O)[C@H]2[C@H]1[C@@H](c1ccccc1)C=C[C@@H]2c1ccccc1. The topological polar surface area (TPSA) is 43.4 Å². The summed E-state index contributed by atoms with van der Waals surface area (Å²) in [5.41, 5.74) is 2.08. The molecule has 0 N–H and O–H groups in total. The Labute approximate surface area is 134 Å². The van der Waals surface area contributed by atoms with Gasteiger partial charge in [0, 0.05) is 11.8 Å². The Hall–Kier alpha value is -2.68. The van der Waals surface area contributed by atoms with Crippen molar-refractivity contribution in [3.63, 3.8) is 0 Å². The van der Waals surface area contributed by atoms with Gasteiger partial charge < -0.3 is 4.74 Å². The Bertz CT molecular complexity index is 698. The Morgan fingerprint density at radius 2 is 1.00 bits per heavy atom. The molecule has 2 aliphatic rings. The summed E-state index contributed by atoms with van der Waals surface area (Å²) in [6.45, 7) is 0. The molecule has 4 atom stereocenters. The van der Waals surface area contributed by atoms with Gasteiger partial charge in [0.05, 0.1) is 11.8 Å². The van der Waals surface area contributed by atoms with Crippen molar-refractivity contribution < 1.29 is 14.3 Å². The number of allylic oxidation sites excluding steroid dienone is 2. The number of benzene rings is 2. The largest absolute Gasteiger partial charge is 0.393 e. The van der Waals surface area contributed by atoms with Gasteiger partial charge in [-0.15, -0.1) is 0 Å². The van der Waals surface area contributed by atoms with Gasteiger partial charge in [0.1, 0.15) is 0 Å². The monoisotopic (exact) mass is 304 g/mol. The first-order valence-corrected chi connectivity index (χ1v) is 7.79. The smallest absolute Gasteiger partial charge is 0.318 e. The second-order valence-electron chi connectivity index (χ2n) is 6.05. The first-order chi connectivity index (χ1) is 11.3. The van der Waals surface area contributed by atoms with Gasteiger partial charge in [-0.05, 0) is 11.1 Å². The van der Waals surface area contributed by atoms with E-state index in [-0.39, 0.29) is 11.8 Å². The minimum absolute atomic E-state index is 0.111. The highest BCUT2D eigenvalue weighted by atomic mass is 16.6. The number of carbonyl (C=O) groups is 2. The standard InChI is InChI=1S/C20H16O3/c21-19-17-15(13-7-3-1-4-8-13)11-12-16(18(17)20(22)23-19)14-9-5-2-6-10-14/h1-12,15-18H/t15-,16-,17-,18-/m1/s1. The molecule has 0 spiro atoms. The van der Waals surface area contributed by atoms with E-state index >= 15 is 0 Å². The van der Waals surface area contributed by atoms with Gasteiger partial charge in [-0.2, -0.15) is 0 Å². The number of carbonyl (C=O) groups excluding carboxylic acids is 2. The van der Waals surface area contributed by atoms with Crippen molar-refractivity contribution in [1.29, 1.82) is 0 Å². The fourth-order valence-corrected chi connectivity index (χ4v) is 3.73. The van der Waals surface area contributed by atoms with E-state index in [0.29, 0.717) is 0 Å². The number of cyclic esters (lactones) is 2. The Morgan fingerprint density at radius 3 is 1.39 bits per heavy atom. The summed E-state index contributed by atoms with van der Waals surface area (Å²) in [4.78, 5) is 24.6. The molecule has 3 nitrogen and oxygen atoms in total. The summed E-state index contributed by atoms with van der Waals surface area (Å²) >= 11 is 0. The number of hydrogen-bond acceptors (Lipinski definition) is 3. The molecule has 0 radical (unpaired) electrons. The first kappa shape index (κ1) is 13.9. The molecule has 0 aromatic heterocycles. The Kier molecular flexibility index (Phi) is 3.34. The molecule has 0 saturated carbocycles. The van der Waals surface area contributed by atoms with Crippen LogP contribution in [0.15, 0.2) is 72.8 Å². The fraction of sp³-hybridized carbons (Fsp3) is 0.200. The first-order valence-electron chi connectivity index (χ1n) is 7.79. The number of ether oxygens (including phenoxy) is 1. The van der Waals surface area contributed by atoms with Crippen LogP contribution in [-0.4, -0.2) is 11.9 Å². The van der Waals surface area contributed by atoms with E-state index < -0.39 is 23.8 Å². The van der Waals surface area contributed by atoms with Crippen molar-refractivity contribution >= 4 is 11.9 Å². The van der Waals surface area contributed by atoms with Crippen LogP contribution in [0.25, 0.3) is 0 Å². The van der Waals surface area contributed by atoms with E-state index in [4.69, 9.17) is 4.74 Å². The highest BCUT2D eigenvalue weighted by Crippen LogP contribution is 2.48. The summed E-state index contributed by atoms with van der Waals surface area (Å²) in [6, 6.07) is 19.6. The molecule has 1 heterocycles. The molecule has 2 aromatic rings. The van der Waals surface area contributed by atoms with Crippen LogP contribution in [0.4, 0.5) is 0 Å². The average Bonchev–Trinajstić information content (AvgIpc) is 2.91. The number of rotatable bonds is 2. The quantitative estimate of drug-likeness (QED) is 0.485.